The van der Waals surface area contributed by atoms with E-state index in [9.17, 15) is 0 Å². The lowest BCUT2D eigenvalue weighted by atomic mass is 10.1. The molecule has 1 aromatic rings. The van der Waals surface area contributed by atoms with Gasteiger partial charge in [0.1, 0.15) is 12.4 Å². The number of allylic oxidation sites excluding steroid dienone is 2. The first-order valence-electron chi connectivity index (χ1n) is 7.92. The molecule has 1 saturated heterocycles. The average molecular weight is 287 g/mol. The van der Waals surface area contributed by atoms with Gasteiger partial charge in [0.05, 0.1) is 19.3 Å². The minimum atomic E-state index is 0.352. The number of benzene rings is 1. The molecule has 0 spiro atoms. The number of hydrogen-bond donors (Lipinski definition) is 0. The Bertz CT molecular complexity index is 536. The van der Waals surface area contributed by atoms with Crippen LogP contribution in [0, 0.1) is 0 Å². The van der Waals surface area contributed by atoms with Gasteiger partial charge in [-0.15, -0.1) is 0 Å². The Morgan fingerprint density at radius 2 is 2.24 bits per heavy atom. The topological polar surface area (TPSA) is 21.7 Å². The third kappa shape index (κ3) is 2.99. The second-order valence-electron chi connectivity index (χ2n) is 6.24. The Kier molecular flexibility index (Phi) is 4.32. The van der Waals surface area contributed by atoms with Gasteiger partial charge in [0.25, 0.3) is 0 Å². The Morgan fingerprint density at radius 1 is 1.38 bits per heavy atom. The molecule has 1 atom stereocenters. The number of morpholine rings is 1. The molecule has 1 unspecified atom stereocenters. The van der Waals surface area contributed by atoms with E-state index in [1.165, 1.54) is 16.7 Å². The summed E-state index contributed by atoms with van der Waals surface area (Å²) < 4.78 is 11.8. The molecule has 0 amide bonds. The molecule has 1 aliphatic heterocycles. The lowest BCUT2D eigenvalue weighted by Crippen LogP contribution is -2.51. The molecule has 3 rings (SSSR count). The van der Waals surface area contributed by atoms with E-state index in [2.05, 4.69) is 49.9 Å². The second-order valence-corrected chi connectivity index (χ2v) is 6.24. The van der Waals surface area contributed by atoms with Crippen molar-refractivity contribution in [1.29, 1.82) is 0 Å². The van der Waals surface area contributed by atoms with Crippen LogP contribution in [0.25, 0.3) is 5.57 Å². The monoisotopic (exact) mass is 287 g/mol. The summed E-state index contributed by atoms with van der Waals surface area (Å²) in [5.74, 6) is 1.04. The average Bonchev–Trinajstić information content (AvgIpc) is 2.87. The van der Waals surface area contributed by atoms with Crippen molar-refractivity contribution in [3.63, 3.8) is 0 Å². The number of hydrogen-bond acceptors (Lipinski definition) is 3. The molecule has 3 heteroatoms. The quantitative estimate of drug-likeness (QED) is 0.849. The normalized spacial score (nSPS) is 22.3. The summed E-state index contributed by atoms with van der Waals surface area (Å²) >= 11 is 0. The maximum Gasteiger partial charge on any atom is 0.123 e. The summed E-state index contributed by atoms with van der Waals surface area (Å²) in [5.41, 5.74) is 4.04. The van der Waals surface area contributed by atoms with Crippen LogP contribution in [-0.2, 0) is 11.2 Å². The van der Waals surface area contributed by atoms with Crippen molar-refractivity contribution in [2.75, 3.05) is 26.4 Å². The fraction of sp³-hybridized carbons (Fsp3) is 0.556. The third-order valence-corrected chi connectivity index (χ3v) is 4.54. The zero-order chi connectivity index (χ0) is 14.8. The molecule has 0 aromatic heterocycles. The van der Waals surface area contributed by atoms with Gasteiger partial charge in [0.2, 0.25) is 0 Å². The van der Waals surface area contributed by atoms with E-state index in [0.717, 1.165) is 31.9 Å². The van der Waals surface area contributed by atoms with Gasteiger partial charge in [0, 0.05) is 18.2 Å². The Balaban J connectivity index is 1.68. The zero-order valence-electron chi connectivity index (χ0n) is 13.3. The minimum absolute atomic E-state index is 0.352. The second kappa shape index (κ2) is 6.20. The van der Waals surface area contributed by atoms with Gasteiger partial charge in [-0.3, -0.25) is 4.90 Å². The predicted octanol–water partition coefficient (Wildman–Crippen LogP) is 3.13. The van der Waals surface area contributed by atoms with Gasteiger partial charge in [-0.25, -0.2) is 0 Å². The van der Waals surface area contributed by atoms with Gasteiger partial charge in [0.15, 0.2) is 0 Å². The first-order valence-corrected chi connectivity index (χ1v) is 7.92. The first-order chi connectivity index (χ1) is 10.2. The van der Waals surface area contributed by atoms with Crippen LogP contribution in [0.1, 0.15) is 31.9 Å². The highest BCUT2D eigenvalue weighted by atomic mass is 16.5. The van der Waals surface area contributed by atoms with E-state index in [-0.39, 0.29) is 0 Å². The van der Waals surface area contributed by atoms with E-state index >= 15 is 0 Å². The van der Waals surface area contributed by atoms with Crippen LogP contribution in [0.15, 0.2) is 24.3 Å². The molecule has 1 fully saturated rings. The van der Waals surface area contributed by atoms with Crippen LogP contribution >= 0.6 is 0 Å². The van der Waals surface area contributed by atoms with Crippen molar-refractivity contribution in [3.05, 3.63) is 35.4 Å². The summed E-state index contributed by atoms with van der Waals surface area (Å²) in [4.78, 5) is 2.48. The highest BCUT2D eigenvalue weighted by Crippen LogP contribution is 2.33. The molecule has 114 valence electrons. The lowest BCUT2D eigenvalue weighted by Gasteiger charge is -2.38. The predicted molar refractivity (Wildman–Crippen MR) is 85.7 cm³/mol. The number of rotatable bonds is 4. The van der Waals surface area contributed by atoms with Crippen molar-refractivity contribution < 1.29 is 9.47 Å². The molecule has 0 N–H and O–H groups in total. The summed E-state index contributed by atoms with van der Waals surface area (Å²) in [6.07, 6.45) is 3.27. The Hall–Kier alpha value is -1.32. The van der Waals surface area contributed by atoms with Crippen LogP contribution in [0.4, 0.5) is 0 Å². The molecule has 21 heavy (non-hydrogen) atoms. The molecular formula is C18H25NO2. The van der Waals surface area contributed by atoms with Crippen molar-refractivity contribution in [1.82, 2.24) is 4.90 Å². The van der Waals surface area contributed by atoms with E-state index < -0.39 is 0 Å². The number of ether oxygens (including phenoxy) is 2. The van der Waals surface area contributed by atoms with Crippen molar-refractivity contribution in [2.24, 2.45) is 0 Å². The van der Waals surface area contributed by atoms with Crippen LogP contribution in [0.3, 0.4) is 0 Å². The highest BCUT2D eigenvalue weighted by Gasteiger charge is 2.26. The molecule has 0 bridgehead atoms. The smallest absolute Gasteiger partial charge is 0.123 e. The molecule has 0 radical (unpaired) electrons. The van der Waals surface area contributed by atoms with E-state index in [1.807, 2.05) is 0 Å². The summed E-state index contributed by atoms with van der Waals surface area (Å²) in [6, 6.07) is 7.26. The largest absolute Gasteiger partial charge is 0.492 e. The Labute approximate surface area is 127 Å². The van der Waals surface area contributed by atoms with Gasteiger partial charge in [-0.05, 0) is 44.4 Å². The molecule has 1 heterocycles. The zero-order valence-corrected chi connectivity index (χ0v) is 13.3. The minimum Gasteiger partial charge on any atom is -0.492 e. The standard InChI is InChI=1S/C18H25NO2/c1-13(2)19-9-10-20-11-15(19)12-21-18-6-4-5-16-14(3)7-8-17(16)18/h4-7,13,15H,8-12H2,1-3H3. The van der Waals surface area contributed by atoms with Gasteiger partial charge in [-0.1, -0.05) is 18.2 Å². The van der Waals surface area contributed by atoms with E-state index in [0.29, 0.717) is 18.7 Å². The van der Waals surface area contributed by atoms with Gasteiger partial charge in [-0.2, -0.15) is 0 Å². The number of fused-ring (bicyclic) bond motifs is 1. The summed E-state index contributed by atoms with van der Waals surface area (Å²) in [5, 5.41) is 0. The molecule has 1 aliphatic carbocycles. The van der Waals surface area contributed by atoms with Crippen molar-refractivity contribution in [3.8, 4) is 5.75 Å². The van der Waals surface area contributed by atoms with Crippen LogP contribution in [0.5, 0.6) is 5.75 Å². The lowest BCUT2D eigenvalue weighted by molar-refractivity contribution is -0.0372. The van der Waals surface area contributed by atoms with Crippen LogP contribution in [-0.4, -0.2) is 43.3 Å². The van der Waals surface area contributed by atoms with E-state index in [4.69, 9.17) is 9.47 Å². The summed E-state index contributed by atoms with van der Waals surface area (Å²) in [7, 11) is 0. The first kappa shape index (κ1) is 14.6. The molecule has 0 saturated carbocycles. The Morgan fingerprint density at radius 3 is 3.05 bits per heavy atom. The number of nitrogens with zero attached hydrogens (tertiary/aromatic N) is 1. The van der Waals surface area contributed by atoms with Gasteiger partial charge < -0.3 is 9.47 Å². The van der Waals surface area contributed by atoms with Crippen LogP contribution in [0.2, 0.25) is 0 Å². The molecule has 3 nitrogen and oxygen atoms in total. The van der Waals surface area contributed by atoms with Crippen molar-refractivity contribution >= 4 is 5.57 Å². The molecule has 1 aromatic carbocycles. The third-order valence-electron chi connectivity index (χ3n) is 4.54. The fourth-order valence-corrected chi connectivity index (χ4v) is 3.32. The van der Waals surface area contributed by atoms with Crippen molar-refractivity contribution in [2.45, 2.75) is 39.3 Å². The molecular weight excluding hydrogens is 262 g/mol. The van der Waals surface area contributed by atoms with E-state index in [1.54, 1.807) is 0 Å². The summed E-state index contributed by atoms with van der Waals surface area (Å²) in [6.45, 7) is 9.96. The SMILES string of the molecule is CC1=CCc2c(OCC3COCCN3C(C)C)cccc21. The van der Waals surface area contributed by atoms with Gasteiger partial charge >= 0.3 is 0 Å². The molecule has 2 aliphatic rings. The maximum absolute atomic E-state index is 6.16. The highest BCUT2D eigenvalue weighted by molar-refractivity contribution is 5.73. The fourth-order valence-electron chi connectivity index (χ4n) is 3.32. The van der Waals surface area contributed by atoms with Crippen LogP contribution < -0.4 is 4.74 Å². The maximum atomic E-state index is 6.16.